The number of hydrogen-bond donors (Lipinski definition) is 1. The molecule has 0 bridgehead atoms. The summed E-state index contributed by atoms with van der Waals surface area (Å²) in [5.41, 5.74) is 9.63. The van der Waals surface area contributed by atoms with E-state index in [0.29, 0.717) is 6.54 Å². The van der Waals surface area contributed by atoms with Crippen LogP contribution in [-0.2, 0) is 19.3 Å². The van der Waals surface area contributed by atoms with E-state index in [9.17, 15) is 0 Å². The molecule has 0 aliphatic heterocycles. The number of aromatic nitrogens is 2. The average Bonchev–Trinajstić information content (AvgIpc) is 2.80. The zero-order valence-electron chi connectivity index (χ0n) is 8.92. The minimum Gasteiger partial charge on any atom is -0.330 e. The number of nitrogens with zero attached hydrogens (tertiary/aromatic N) is 2. The van der Waals surface area contributed by atoms with Gasteiger partial charge in [-0.05, 0) is 32.7 Å². The van der Waals surface area contributed by atoms with Crippen molar-refractivity contribution >= 4 is 16.3 Å². The van der Waals surface area contributed by atoms with Gasteiger partial charge in [0.05, 0.1) is 5.69 Å². The Morgan fingerprint density at radius 2 is 2.33 bits per heavy atom. The Kier molecular flexibility index (Phi) is 2.07. The van der Waals surface area contributed by atoms with Crippen molar-refractivity contribution in [2.75, 3.05) is 6.54 Å². The summed E-state index contributed by atoms with van der Waals surface area (Å²) in [5.74, 6) is 0. The smallest absolute Gasteiger partial charge is 0.194 e. The van der Waals surface area contributed by atoms with Gasteiger partial charge in [-0.25, -0.2) is 4.98 Å². The van der Waals surface area contributed by atoms with Crippen LogP contribution in [0.2, 0.25) is 0 Å². The molecule has 0 atom stereocenters. The fourth-order valence-corrected chi connectivity index (χ4v) is 3.74. The average molecular weight is 221 g/mol. The van der Waals surface area contributed by atoms with Gasteiger partial charge in [0.2, 0.25) is 0 Å². The second kappa shape index (κ2) is 3.32. The predicted octanol–water partition coefficient (Wildman–Crippen LogP) is 1.69. The van der Waals surface area contributed by atoms with E-state index < -0.39 is 0 Å². The maximum absolute atomic E-state index is 5.66. The van der Waals surface area contributed by atoms with E-state index in [4.69, 9.17) is 5.73 Å². The molecule has 1 aliphatic rings. The highest BCUT2D eigenvalue weighted by Crippen LogP contribution is 2.32. The Bertz CT molecular complexity index is 509. The van der Waals surface area contributed by atoms with Crippen LogP contribution in [0, 0.1) is 6.92 Å². The molecular formula is C11H15N3S. The molecule has 0 saturated carbocycles. The molecule has 3 rings (SSSR count). The topological polar surface area (TPSA) is 43.3 Å². The van der Waals surface area contributed by atoms with E-state index in [1.807, 2.05) is 11.3 Å². The van der Waals surface area contributed by atoms with Gasteiger partial charge in [-0.3, -0.25) is 4.40 Å². The molecule has 3 nitrogen and oxygen atoms in total. The lowest BCUT2D eigenvalue weighted by molar-refractivity contribution is 0.847. The van der Waals surface area contributed by atoms with Crippen LogP contribution < -0.4 is 5.73 Å². The lowest BCUT2D eigenvalue weighted by atomic mass is 10.2. The lowest BCUT2D eigenvalue weighted by Crippen LogP contribution is -2.07. The van der Waals surface area contributed by atoms with E-state index in [2.05, 4.69) is 16.3 Å². The van der Waals surface area contributed by atoms with E-state index in [1.165, 1.54) is 40.5 Å². The van der Waals surface area contributed by atoms with Gasteiger partial charge in [-0.15, -0.1) is 11.3 Å². The highest BCUT2D eigenvalue weighted by Gasteiger charge is 2.21. The third kappa shape index (κ3) is 1.25. The summed E-state index contributed by atoms with van der Waals surface area (Å²) in [6.07, 6.45) is 4.69. The Labute approximate surface area is 92.9 Å². The molecule has 0 saturated heterocycles. The first-order valence-corrected chi connectivity index (χ1v) is 6.31. The second-order valence-corrected chi connectivity index (χ2v) is 5.19. The molecule has 2 aromatic heterocycles. The van der Waals surface area contributed by atoms with Crippen LogP contribution in [0.1, 0.15) is 28.4 Å². The summed E-state index contributed by atoms with van der Waals surface area (Å²) >= 11 is 1.86. The van der Waals surface area contributed by atoms with Gasteiger partial charge >= 0.3 is 0 Å². The number of hydrogen-bond acceptors (Lipinski definition) is 3. The molecule has 1 aliphatic carbocycles. The van der Waals surface area contributed by atoms with Crippen LogP contribution in [-0.4, -0.2) is 15.9 Å². The molecule has 0 aromatic carbocycles. The first kappa shape index (κ1) is 9.36. The van der Waals surface area contributed by atoms with Crippen molar-refractivity contribution in [2.45, 2.75) is 32.6 Å². The zero-order chi connectivity index (χ0) is 10.4. The Morgan fingerprint density at radius 1 is 1.47 bits per heavy atom. The SMILES string of the molecule is Cc1nc2sc3c(n2c1CCN)CCC3. The minimum absolute atomic E-state index is 0.708. The first-order chi connectivity index (χ1) is 7.31. The maximum atomic E-state index is 5.66. The monoisotopic (exact) mass is 221 g/mol. The predicted molar refractivity (Wildman–Crippen MR) is 62.6 cm³/mol. The second-order valence-electron chi connectivity index (χ2n) is 4.13. The van der Waals surface area contributed by atoms with Crippen LogP contribution in [0.25, 0.3) is 4.96 Å². The van der Waals surface area contributed by atoms with Crippen molar-refractivity contribution in [3.8, 4) is 0 Å². The Morgan fingerprint density at radius 3 is 3.13 bits per heavy atom. The standard InChI is InChI=1S/C11H15N3S/c1-7-8(5-6-12)14-9-3-2-4-10(9)15-11(14)13-7/h2-6,12H2,1H3. The summed E-state index contributed by atoms with van der Waals surface area (Å²) in [5, 5.41) is 0. The first-order valence-electron chi connectivity index (χ1n) is 5.50. The van der Waals surface area contributed by atoms with E-state index >= 15 is 0 Å². The molecule has 80 valence electrons. The van der Waals surface area contributed by atoms with Gasteiger partial charge in [0.25, 0.3) is 0 Å². The quantitative estimate of drug-likeness (QED) is 0.838. The maximum Gasteiger partial charge on any atom is 0.194 e. The van der Waals surface area contributed by atoms with Gasteiger partial charge in [0.15, 0.2) is 4.96 Å². The minimum atomic E-state index is 0.708. The van der Waals surface area contributed by atoms with Crippen molar-refractivity contribution in [1.29, 1.82) is 0 Å². The van der Waals surface area contributed by atoms with E-state index in [0.717, 1.165) is 12.1 Å². The number of aryl methyl sites for hydroxylation is 3. The number of thiazole rings is 1. The number of imidazole rings is 1. The molecule has 4 heteroatoms. The van der Waals surface area contributed by atoms with E-state index in [-0.39, 0.29) is 0 Å². The lowest BCUT2D eigenvalue weighted by Gasteiger charge is -2.01. The highest BCUT2D eigenvalue weighted by atomic mass is 32.1. The fourth-order valence-electron chi connectivity index (χ4n) is 2.47. The van der Waals surface area contributed by atoms with Crippen LogP contribution in [0.15, 0.2) is 0 Å². The Hall–Kier alpha value is -0.870. The summed E-state index contributed by atoms with van der Waals surface area (Å²) in [7, 11) is 0. The van der Waals surface area contributed by atoms with Crippen molar-refractivity contribution < 1.29 is 0 Å². The van der Waals surface area contributed by atoms with Gasteiger partial charge in [0, 0.05) is 22.7 Å². The largest absolute Gasteiger partial charge is 0.330 e. The normalized spacial score (nSPS) is 15.1. The molecular weight excluding hydrogens is 206 g/mol. The third-order valence-corrected chi connectivity index (χ3v) is 4.29. The fraction of sp³-hybridized carbons (Fsp3) is 0.545. The van der Waals surface area contributed by atoms with Crippen molar-refractivity contribution in [1.82, 2.24) is 9.38 Å². The van der Waals surface area contributed by atoms with Gasteiger partial charge in [-0.2, -0.15) is 0 Å². The van der Waals surface area contributed by atoms with Gasteiger partial charge < -0.3 is 5.73 Å². The summed E-state index contributed by atoms with van der Waals surface area (Å²) in [6.45, 7) is 2.80. The molecule has 15 heavy (non-hydrogen) atoms. The van der Waals surface area contributed by atoms with Crippen LogP contribution in [0.5, 0.6) is 0 Å². The Balaban J connectivity index is 2.26. The molecule has 0 radical (unpaired) electrons. The van der Waals surface area contributed by atoms with Crippen molar-refractivity contribution in [3.05, 3.63) is 22.0 Å². The molecule has 2 N–H and O–H groups in total. The molecule has 0 fully saturated rings. The molecule has 0 unspecified atom stereocenters. The van der Waals surface area contributed by atoms with Crippen molar-refractivity contribution in [3.63, 3.8) is 0 Å². The summed E-state index contributed by atoms with van der Waals surface area (Å²) in [4.78, 5) is 7.33. The molecule has 2 heterocycles. The zero-order valence-corrected chi connectivity index (χ0v) is 9.73. The molecule has 2 aromatic rings. The van der Waals surface area contributed by atoms with Crippen LogP contribution in [0.3, 0.4) is 0 Å². The summed E-state index contributed by atoms with van der Waals surface area (Å²) in [6, 6.07) is 0. The highest BCUT2D eigenvalue weighted by molar-refractivity contribution is 7.17. The van der Waals surface area contributed by atoms with E-state index in [1.54, 1.807) is 0 Å². The van der Waals surface area contributed by atoms with Crippen LogP contribution >= 0.6 is 11.3 Å². The van der Waals surface area contributed by atoms with Crippen LogP contribution in [0.4, 0.5) is 0 Å². The molecule has 0 spiro atoms. The number of rotatable bonds is 2. The molecule has 0 amide bonds. The third-order valence-electron chi connectivity index (χ3n) is 3.15. The van der Waals surface area contributed by atoms with Gasteiger partial charge in [-0.1, -0.05) is 0 Å². The van der Waals surface area contributed by atoms with Crippen molar-refractivity contribution in [2.24, 2.45) is 5.73 Å². The number of nitrogens with two attached hydrogens (primary N) is 1. The number of fused-ring (bicyclic) bond motifs is 3. The van der Waals surface area contributed by atoms with Gasteiger partial charge in [0.1, 0.15) is 0 Å². The summed E-state index contributed by atoms with van der Waals surface area (Å²) < 4.78 is 2.36.